The third-order valence-corrected chi connectivity index (χ3v) is 10.2. The minimum atomic E-state index is -1.88. The summed E-state index contributed by atoms with van der Waals surface area (Å²) in [6, 6.07) is 0. The van der Waals surface area contributed by atoms with Gasteiger partial charge in [0.25, 0.3) is 0 Å². The van der Waals surface area contributed by atoms with Crippen molar-refractivity contribution in [2.24, 2.45) is 0 Å². The van der Waals surface area contributed by atoms with Gasteiger partial charge in [0.1, 0.15) is 0 Å². The largest absolute Gasteiger partial charge is 0.147 e. The molecular formula is C22H36Cl2OSiTi. The molecule has 0 saturated heterocycles. The van der Waals surface area contributed by atoms with Crippen LogP contribution in [0.1, 0.15) is 70.2 Å². The van der Waals surface area contributed by atoms with E-state index in [1.54, 1.807) is 3.88 Å². The van der Waals surface area contributed by atoms with Crippen molar-refractivity contribution in [2.75, 3.05) is 0 Å². The van der Waals surface area contributed by atoms with Crippen molar-refractivity contribution in [2.45, 2.75) is 74.1 Å². The molecule has 5 heteroatoms. The Hall–Kier alpha value is -0.119. The smallest absolute Gasteiger partial charge is 0.147 e. The number of benzene rings is 1. The van der Waals surface area contributed by atoms with E-state index in [4.69, 9.17) is 3.32 Å². The van der Waals surface area contributed by atoms with Crippen LogP contribution >= 0.6 is 24.8 Å². The van der Waals surface area contributed by atoms with Gasteiger partial charge in [-0.25, -0.2) is 0 Å². The van der Waals surface area contributed by atoms with Gasteiger partial charge in [-0.05, 0) is 0 Å². The average Bonchev–Trinajstić information content (AvgIpc) is 2.89. The van der Waals surface area contributed by atoms with E-state index in [-0.39, 0.29) is 30.2 Å². The topological polar surface area (TPSA) is 9.23 Å². The molecule has 1 aliphatic rings. The molecule has 0 atom stereocenters. The van der Waals surface area contributed by atoms with Crippen LogP contribution in [-0.4, -0.2) is 14.1 Å². The van der Waals surface area contributed by atoms with Gasteiger partial charge in [-0.1, -0.05) is 0 Å². The van der Waals surface area contributed by atoms with Crippen LogP contribution < -0.4 is 8.51 Å². The summed E-state index contributed by atoms with van der Waals surface area (Å²) in [5.41, 5.74) is 7.32. The second kappa shape index (κ2) is 10.1. The molecule has 1 aliphatic carbocycles. The second-order valence-electron chi connectivity index (χ2n) is 8.65. The van der Waals surface area contributed by atoms with Crippen molar-refractivity contribution in [3.05, 3.63) is 43.9 Å². The maximum Gasteiger partial charge on any atom is -0.147 e. The summed E-state index contributed by atoms with van der Waals surface area (Å²) in [4.78, 5) is 0. The van der Waals surface area contributed by atoms with Gasteiger partial charge in [0.15, 0.2) is 0 Å². The van der Waals surface area contributed by atoms with E-state index in [0.29, 0.717) is 0 Å². The molecule has 0 aromatic heterocycles. The Morgan fingerprint density at radius 2 is 1.56 bits per heavy atom. The molecule has 1 aromatic rings. The van der Waals surface area contributed by atoms with Crippen LogP contribution in [0, 0.1) is 20.8 Å². The summed E-state index contributed by atoms with van der Waals surface area (Å²) in [6.07, 6.45) is 5.64. The van der Waals surface area contributed by atoms with Crippen molar-refractivity contribution < 1.29 is 21.1 Å². The molecule has 0 unspecified atom stereocenters. The molecule has 0 bridgehead atoms. The zero-order chi connectivity index (χ0) is 19.1. The van der Waals surface area contributed by atoms with Crippen LogP contribution in [0.25, 0.3) is 0 Å². The fourth-order valence-electron chi connectivity index (χ4n) is 4.05. The summed E-state index contributed by atoms with van der Waals surface area (Å²) in [5, 5.41) is 1.48. The number of hydrogen-bond donors (Lipinski definition) is 0. The first kappa shape index (κ1) is 26.9. The zero-order valence-electron chi connectivity index (χ0n) is 18.6. The minimum Gasteiger partial charge on any atom is -0.147 e. The number of rotatable bonds is 3. The fourth-order valence-corrected chi connectivity index (χ4v) is 9.38. The number of halogens is 2. The molecule has 152 valence electrons. The van der Waals surface area contributed by atoms with Gasteiger partial charge < -0.3 is 0 Å². The van der Waals surface area contributed by atoms with Crippen molar-refractivity contribution in [1.29, 1.82) is 0 Å². The maximum absolute atomic E-state index is 6.93. The summed E-state index contributed by atoms with van der Waals surface area (Å²) in [5.74, 6) is 1.21. The predicted octanol–water partition coefficient (Wildman–Crippen LogP) is 5.10. The summed E-state index contributed by atoms with van der Waals surface area (Å²) < 4.78 is 10.0. The summed E-state index contributed by atoms with van der Waals surface area (Å²) >= 11 is -1.88. The molecule has 0 radical (unpaired) electrons. The van der Waals surface area contributed by atoms with Crippen LogP contribution in [0.5, 0.6) is 5.75 Å². The molecule has 0 amide bonds. The molecule has 27 heavy (non-hydrogen) atoms. The first-order chi connectivity index (χ1) is 11.5. The monoisotopic (exact) mass is 462 g/mol. The van der Waals surface area contributed by atoms with Crippen LogP contribution in [0.3, 0.4) is 0 Å². The van der Waals surface area contributed by atoms with E-state index < -0.39 is 17.8 Å². The van der Waals surface area contributed by atoms with E-state index in [2.05, 4.69) is 74.5 Å². The molecule has 0 N–H and O–H groups in total. The van der Waals surface area contributed by atoms with Crippen molar-refractivity contribution in [3.8, 4) is 5.75 Å². The first-order valence-corrected chi connectivity index (χ1v) is 12.5. The van der Waals surface area contributed by atoms with Crippen molar-refractivity contribution in [3.63, 3.8) is 0 Å². The average molecular weight is 463 g/mol. The predicted molar refractivity (Wildman–Crippen MR) is 127 cm³/mol. The first-order valence-electron chi connectivity index (χ1n) is 9.29. The van der Waals surface area contributed by atoms with E-state index in [0.717, 1.165) is 16.7 Å². The van der Waals surface area contributed by atoms with Gasteiger partial charge in [-0.2, -0.15) is 0 Å². The second-order valence-corrected chi connectivity index (χ2v) is 13.5. The molecule has 0 heterocycles. The summed E-state index contributed by atoms with van der Waals surface area (Å²) in [6.45, 7) is 20.6. The Labute approximate surface area is 188 Å². The number of allylic oxidation sites excluding steroid dienone is 4. The molecule has 1 nitrogen and oxygen atoms in total. The van der Waals surface area contributed by atoms with Gasteiger partial charge in [0, 0.05) is 0 Å². The van der Waals surface area contributed by atoms with Crippen LogP contribution in [-0.2, 0) is 23.2 Å². The Balaban J connectivity index is 0.00000338. The third kappa shape index (κ3) is 5.48. The normalized spacial score (nSPS) is 13.4. The maximum atomic E-state index is 6.93. The van der Waals surface area contributed by atoms with Crippen molar-refractivity contribution in [1.82, 2.24) is 0 Å². The van der Waals surface area contributed by atoms with Crippen LogP contribution in [0.15, 0.2) is 21.6 Å². The fraction of sp³-hybridized carbons (Fsp3) is 0.500. The number of hydrogen-bond acceptors (Lipinski definition) is 1. The third-order valence-electron chi connectivity index (χ3n) is 5.40. The van der Waals surface area contributed by atoms with E-state index in [1.807, 2.05) is 0 Å². The SMILES string of the molecule is CC1=[C]([Ti]([O]c2c(C)c(C)c(C)c(C(C)(C)C)c2[SiH3])=[C](C)C)CC=C1.Cl.Cl. The Kier molecular flexibility index (Phi) is 10.0. The molecule has 0 fully saturated rings. The van der Waals surface area contributed by atoms with E-state index in [1.165, 1.54) is 42.6 Å². The quantitative estimate of drug-likeness (QED) is 0.567. The van der Waals surface area contributed by atoms with E-state index in [9.17, 15) is 0 Å². The minimum absolute atomic E-state index is 0. The van der Waals surface area contributed by atoms with Gasteiger partial charge in [-0.3, -0.25) is 0 Å². The Morgan fingerprint density at radius 1 is 1.00 bits per heavy atom. The van der Waals surface area contributed by atoms with Crippen LogP contribution in [0.4, 0.5) is 0 Å². The molecule has 2 rings (SSSR count). The van der Waals surface area contributed by atoms with Gasteiger partial charge >= 0.3 is 164 Å². The molecule has 0 aliphatic heterocycles. The summed E-state index contributed by atoms with van der Waals surface area (Å²) in [7, 11) is 1.02. The van der Waals surface area contributed by atoms with Crippen LogP contribution in [0.2, 0.25) is 0 Å². The Bertz CT molecular complexity index is 811. The molecule has 0 spiro atoms. The van der Waals surface area contributed by atoms with Crippen molar-refractivity contribution >= 4 is 44.1 Å². The molecule has 1 aromatic carbocycles. The standard InChI is InChI=1S/C13H22OSi.C6H7.C3H6.2ClH.Ti/c1-7-8(2)10(13(4,5)6)12(15)11(14)9(7)3;1-6-4-2-3-5-6;1-3-2;;;/h14H,1-6,15H3;2,4H,3H2,1H3;1-2H3;2*1H;/q;;;;;+1/p-1. The molecule has 0 saturated carbocycles. The van der Waals surface area contributed by atoms with Gasteiger partial charge in [0.05, 0.1) is 0 Å². The van der Waals surface area contributed by atoms with E-state index >= 15 is 0 Å². The Morgan fingerprint density at radius 3 is 1.96 bits per heavy atom. The molecular weight excluding hydrogens is 427 g/mol. The van der Waals surface area contributed by atoms with Gasteiger partial charge in [-0.15, -0.1) is 24.8 Å². The van der Waals surface area contributed by atoms with Gasteiger partial charge in [0.2, 0.25) is 0 Å². The zero-order valence-corrected chi connectivity index (χ0v) is 23.8.